The second-order valence-corrected chi connectivity index (χ2v) is 8.31. The van der Waals surface area contributed by atoms with Crippen molar-refractivity contribution in [2.24, 2.45) is 0 Å². The Balaban J connectivity index is 1.67. The van der Waals surface area contributed by atoms with Gasteiger partial charge in [-0.3, -0.25) is 4.90 Å². The second kappa shape index (κ2) is 8.92. The molecule has 1 aliphatic rings. The molecule has 8 nitrogen and oxygen atoms in total. The minimum Gasteiger partial charge on any atom is -0.389 e. The van der Waals surface area contributed by atoms with Gasteiger partial charge in [0.1, 0.15) is 0 Å². The fourth-order valence-corrected chi connectivity index (χ4v) is 3.91. The molecule has 2 amide bonds. The average Bonchev–Trinajstić information content (AvgIpc) is 3.21. The van der Waals surface area contributed by atoms with Crippen molar-refractivity contribution in [2.75, 3.05) is 25.0 Å². The van der Waals surface area contributed by atoms with Gasteiger partial charge < -0.3 is 15.3 Å². The minimum absolute atomic E-state index is 0.0804. The van der Waals surface area contributed by atoms with Crippen molar-refractivity contribution in [2.45, 2.75) is 58.2 Å². The molecule has 1 saturated heterocycles. The number of amides is 2. The Kier molecular flexibility index (Phi) is 6.54. The maximum absolute atomic E-state index is 13.0. The van der Waals surface area contributed by atoms with E-state index in [1.807, 2.05) is 43.0 Å². The van der Waals surface area contributed by atoms with Crippen LogP contribution in [0.1, 0.15) is 40.5 Å². The molecule has 2 atom stereocenters. The number of benzene rings is 1. The molecule has 2 heterocycles. The fraction of sp³-hybridized carbons (Fsp3) is 0.571. The van der Waals surface area contributed by atoms with E-state index in [0.29, 0.717) is 13.1 Å². The number of nitrogens with zero attached hydrogens (tertiary/aromatic N) is 5. The Morgan fingerprint density at radius 3 is 2.28 bits per heavy atom. The molecular weight excluding hydrogens is 368 g/mol. The summed E-state index contributed by atoms with van der Waals surface area (Å²) in [7, 11) is 0. The van der Waals surface area contributed by atoms with Crippen LogP contribution in [0.5, 0.6) is 0 Å². The van der Waals surface area contributed by atoms with E-state index >= 15 is 0 Å². The Hall–Kier alpha value is -2.45. The molecule has 0 unspecified atom stereocenters. The summed E-state index contributed by atoms with van der Waals surface area (Å²) in [5, 5.41) is 21.5. The first-order valence-electron chi connectivity index (χ1n) is 10.3. The Morgan fingerprint density at radius 1 is 1.10 bits per heavy atom. The van der Waals surface area contributed by atoms with Crippen molar-refractivity contribution in [3.8, 4) is 5.69 Å². The van der Waals surface area contributed by atoms with Gasteiger partial charge in [0.25, 0.3) is 0 Å². The van der Waals surface area contributed by atoms with Crippen LogP contribution in [0.3, 0.4) is 0 Å². The Morgan fingerprint density at radius 2 is 1.72 bits per heavy atom. The highest BCUT2D eigenvalue weighted by Crippen LogP contribution is 2.23. The maximum Gasteiger partial charge on any atom is 0.322 e. The van der Waals surface area contributed by atoms with Crippen LogP contribution in [-0.2, 0) is 0 Å². The number of aliphatic hydroxyl groups is 1. The molecule has 2 N–H and O–H groups in total. The van der Waals surface area contributed by atoms with Crippen LogP contribution in [0, 0.1) is 0 Å². The third kappa shape index (κ3) is 5.33. The molecule has 0 bridgehead atoms. The zero-order chi connectivity index (χ0) is 21.0. The summed E-state index contributed by atoms with van der Waals surface area (Å²) in [5.74, 6) is 0. The predicted octanol–water partition coefficient (Wildman–Crippen LogP) is 2.74. The van der Waals surface area contributed by atoms with Crippen LogP contribution in [0.25, 0.3) is 5.69 Å². The van der Waals surface area contributed by atoms with Crippen LogP contribution < -0.4 is 5.32 Å². The van der Waals surface area contributed by atoms with Gasteiger partial charge in [-0.15, -0.1) is 0 Å². The largest absolute Gasteiger partial charge is 0.389 e. The smallest absolute Gasteiger partial charge is 0.322 e. The van der Waals surface area contributed by atoms with E-state index in [9.17, 15) is 9.90 Å². The van der Waals surface area contributed by atoms with E-state index in [2.05, 4.69) is 34.3 Å². The molecule has 158 valence electrons. The third-order valence-electron chi connectivity index (χ3n) is 5.37. The number of β-amino-alcohol motifs (C(OH)–C–C–N with tert-alkyl or cyclic N) is 1. The van der Waals surface area contributed by atoms with E-state index in [-0.39, 0.29) is 18.1 Å². The van der Waals surface area contributed by atoms with Gasteiger partial charge in [-0.1, -0.05) is 13.8 Å². The van der Waals surface area contributed by atoms with Gasteiger partial charge in [0, 0.05) is 37.4 Å². The molecule has 1 aromatic heterocycles. The zero-order valence-corrected chi connectivity index (χ0v) is 17.7. The van der Waals surface area contributed by atoms with Crippen LogP contribution in [0.4, 0.5) is 10.5 Å². The standard InChI is InChI=1S/C21H32N6O2/c1-5-17-14-26(18(6-2)13-25(17)15-21(3,4)29)20(28)24-16-7-9-19(10-8-16)27-22-11-12-23-27/h7-12,17-18,29H,5-6,13-15H2,1-4H3,(H,24,28)/t17-,18+/m0/s1. The van der Waals surface area contributed by atoms with Crippen LogP contribution in [-0.4, -0.2) is 73.3 Å². The quantitative estimate of drug-likeness (QED) is 0.779. The molecule has 1 fully saturated rings. The lowest BCUT2D eigenvalue weighted by molar-refractivity contribution is -0.0173. The number of urea groups is 1. The lowest BCUT2D eigenvalue weighted by Crippen LogP contribution is -2.62. The van der Waals surface area contributed by atoms with Crippen LogP contribution in [0.15, 0.2) is 36.7 Å². The molecule has 3 rings (SSSR count). The number of anilines is 1. The van der Waals surface area contributed by atoms with E-state index in [1.165, 1.54) is 4.80 Å². The van der Waals surface area contributed by atoms with Gasteiger partial charge >= 0.3 is 6.03 Å². The summed E-state index contributed by atoms with van der Waals surface area (Å²) in [5.41, 5.74) is 0.833. The summed E-state index contributed by atoms with van der Waals surface area (Å²) in [6, 6.07) is 7.75. The second-order valence-electron chi connectivity index (χ2n) is 8.31. The minimum atomic E-state index is -0.749. The maximum atomic E-state index is 13.0. The molecule has 0 radical (unpaired) electrons. The van der Waals surface area contributed by atoms with Gasteiger partial charge in [-0.2, -0.15) is 15.0 Å². The Labute approximate surface area is 172 Å². The number of hydrogen-bond acceptors (Lipinski definition) is 5. The molecule has 29 heavy (non-hydrogen) atoms. The average molecular weight is 401 g/mol. The first-order chi connectivity index (χ1) is 13.8. The lowest BCUT2D eigenvalue weighted by Gasteiger charge is -2.47. The van der Waals surface area contributed by atoms with Crippen molar-refractivity contribution in [3.05, 3.63) is 36.7 Å². The van der Waals surface area contributed by atoms with Crippen molar-refractivity contribution in [3.63, 3.8) is 0 Å². The molecule has 2 aromatic rings. The highest BCUT2D eigenvalue weighted by molar-refractivity contribution is 5.89. The molecule has 1 aliphatic heterocycles. The number of rotatable bonds is 6. The van der Waals surface area contributed by atoms with Gasteiger partial charge in [0.2, 0.25) is 0 Å². The number of carbonyl (C=O) groups is 1. The van der Waals surface area contributed by atoms with E-state index < -0.39 is 5.60 Å². The number of piperazine rings is 1. The Bertz CT molecular complexity index is 785. The number of nitrogens with one attached hydrogen (secondary N) is 1. The summed E-state index contributed by atoms with van der Waals surface area (Å²) in [4.78, 5) is 18.8. The number of aromatic nitrogens is 3. The number of carbonyl (C=O) groups excluding carboxylic acids is 1. The molecule has 0 saturated carbocycles. The first kappa shape index (κ1) is 21.3. The zero-order valence-electron chi connectivity index (χ0n) is 17.7. The molecule has 0 aliphatic carbocycles. The molecular formula is C21H32N6O2. The van der Waals surface area contributed by atoms with Crippen LogP contribution >= 0.6 is 0 Å². The van der Waals surface area contributed by atoms with Crippen LogP contribution in [0.2, 0.25) is 0 Å². The fourth-order valence-electron chi connectivity index (χ4n) is 3.91. The lowest BCUT2D eigenvalue weighted by atomic mass is 10.00. The van der Waals surface area contributed by atoms with Crippen molar-refractivity contribution in [1.82, 2.24) is 24.8 Å². The van der Waals surface area contributed by atoms with Crippen molar-refractivity contribution >= 4 is 11.7 Å². The SMILES string of the molecule is CC[C@H]1CN(C(=O)Nc2ccc(-n3nccn3)cc2)[C@H](CC)CN1CC(C)(C)O. The van der Waals surface area contributed by atoms with Gasteiger partial charge in [-0.25, -0.2) is 4.79 Å². The summed E-state index contributed by atoms with van der Waals surface area (Å²) < 4.78 is 0. The van der Waals surface area contributed by atoms with Gasteiger partial charge in [-0.05, 0) is 51.0 Å². The van der Waals surface area contributed by atoms with E-state index in [1.54, 1.807) is 12.4 Å². The molecule has 0 spiro atoms. The third-order valence-corrected chi connectivity index (χ3v) is 5.37. The van der Waals surface area contributed by atoms with Crippen molar-refractivity contribution < 1.29 is 9.90 Å². The number of hydrogen-bond donors (Lipinski definition) is 2. The van der Waals surface area contributed by atoms with Crippen molar-refractivity contribution in [1.29, 1.82) is 0 Å². The molecule has 8 heteroatoms. The topological polar surface area (TPSA) is 86.5 Å². The highest BCUT2D eigenvalue weighted by atomic mass is 16.3. The first-order valence-corrected chi connectivity index (χ1v) is 10.3. The summed E-state index contributed by atoms with van der Waals surface area (Å²) >= 11 is 0. The highest BCUT2D eigenvalue weighted by Gasteiger charge is 2.36. The normalized spacial score (nSPS) is 20.7. The molecule has 1 aromatic carbocycles. The van der Waals surface area contributed by atoms with Gasteiger partial charge in [0.15, 0.2) is 0 Å². The summed E-state index contributed by atoms with van der Waals surface area (Å²) in [6.45, 7) is 9.95. The predicted molar refractivity (Wildman–Crippen MR) is 113 cm³/mol. The van der Waals surface area contributed by atoms with E-state index in [0.717, 1.165) is 30.8 Å². The van der Waals surface area contributed by atoms with E-state index in [4.69, 9.17) is 0 Å². The monoisotopic (exact) mass is 400 g/mol. The van der Waals surface area contributed by atoms with Gasteiger partial charge in [0.05, 0.1) is 23.7 Å². The summed E-state index contributed by atoms with van der Waals surface area (Å²) in [6.07, 6.45) is 5.06.